The molecular formula is C14H16N2O6. The van der Waals surface area contributed by atoms with Gasteiger partial charge in [0, 0.05) is 12.0 Å². The minimum atomic E-state index is -1.12. The average Bonchev–Trinajstić information content (AvgIpc) is 2.93. The molecule has 8 heteroatoms. The van der Waals surface area contributed by atoms with Crippen LogP contribution in [0.1, 0.15) is 28.3 Å². The molecule has 4 rings (SSSR count). The first kappa shape index (κ1) is 13.6. The number of ether oxygens (including phenoxy) is 2. The van der Waals surface area contributed by atoms with E-state index in [4.69, 9.17) is 15.2 Å². The molecule has 0 radical (unpaired) electrons. The number of fused-ring (bicyclic) bond motifs is 4. The zero-order chi connectivity index (χ0) is 15.6. The maximum Gasteiger partial charge on any atom is 0.255 e. The highest BCUT2D eigenvalue weighted by Crippen LogP contribution is 2.49. The number of nitrogens with one attached hydrogen (secondary N) is 1. The van der Waals surface area contributed by atoms with Crippen molar-refractivity contribution in [1.29, 1.82) is 0 Å². The smallest absolute Gasteiger partial charge is 0.255 e. The van der Waals surface area contributed by atoms with Crippen LogP contribution in [0.3, 0.4) is 0 Å². The van der Waals surface area contributed by atoms with E-state index in [-0.39, 0.29) is 30.3 Å². The standard InChI is InChI=1S/C14H16N2O6/c15-5-2-6(17)11(18)10-8(5)4-1-7-13(22-3-21-7)12(19)9(4)14(20)16-10/h1,5-6,8,10-11,17-19H,2-3,15H2,(H,16,20). The lowest BCUT2D eigenvalue weighted by atomic mass is 9.70. The van der Waals surface area contributed by atoms with Crippen molar-refractivity contribution in [2.24, 2.45) is 5.73 Å². The van der Waals surface area contributed by atoms with Crippen LogP contribution in [0.5, 0.6) is 17.2 Å². The van der Waals surface area contributed by atoms with Crippen molar-refractivity contribution < 1.29 is 29.6 Å². The molecule has 1 amide bonds. The molecule has 5 atom stereocenters. The summed E-state index contributed by atoms with van der Waals surface area (Å²) in [5.41, 5.74) is 6.72. The normalized spacial score (nSPS) is 35.6. The fourth-order valence-electron chi connectivity index (χ4n) is 3.65. The van der Waals surface area contributed by atoms with Crippen LogP contribution in [-0.2, 0) is 0 Å². The number of aliphatic hydroxyl groups excluding tert-OH is 2. The molecule has 2 aliphatic heterocycles. The second kappa shape index (κ2) is 4.48. The maximum absolute atomic E-state index is 12.3. The van der Waals surface area contributed by atoms with Gasteiger partial charge in [0.1, 0.15) is 6.10 Å². The fourth-order valence-corrected chi connectivity index (χ4v) is 3.65. The molecule has 1 aliphatic carbocycles. The highest BCUT2D eigenvalue weighted by atomic mass is 16.7. The maximum atomic E-state index is 12.3. The van der Waals surface area contributed by atoms with Gasteiger partial charge in [-0.1, -0.05) is 0 Å². The van der Waals surface area contributed by atoms with Crippen LogP contribution in [0.15, 0.2) is 6.07 Å². The van der Waals surface area contributed by atoms with Crippen LogP contribution in [-0.4, -0.2) is 52.3 Å². The third-order valence-electron chi connectivity index (χ3n) is 4.68. The molecule has 118 valence electrons. The third kappa shape index (κ3) is 1.65. The number of carbonyl (C=O) groups is 1. The third-order valence-corrected chi connectivity index (χ3v) is 4.68. The molecule has 2 heterocycles. The van der Waals surface area contributed by atoms with E-state index in [0.717, 1.165) is 0 Å². The number of hydrogen-bond donors (Lipinski definition) is 5. The monoisotopic (exact) mass is 308 g/mol. The van der Waals surface area contributed by atoms with Crippen molar-refractivity contribution in [2.75, 3.05) is 6.79 Å². The topological polar surface area (TPSA) is 134 Å². The SMILES string of the molecule is NC1CC(O)C(O)C2NC(=O)c3c(cc4c(c3O)OCO4)C12. The number of nitrogens with two attached hydrogens (primary N) is 1. The molecule has 1 fully saturated rings. The summed E-state index contributed by atoms with van der Waals surface area (Å²) in [5.74, 6) is -0.762. The van der Waals surface area contributed by atoms with E-state index in [2.05, 4.69) is 5.32 Å². The quantitative estimate of drug-likeness (QED) is 0.405. The van der Waals surface area contributed by atoms with Crippen molar-refractivity contribution in [3.05, 3.63) is 17.2 Å². The number of aromatic hydroxyl groups is 1. The number of phenolic OH excluding ortho intramolecular Hbond substituents is 1. The minimum absolute atomic E-state index is 0.0328. The molecular weight excluding hydrogens is 292 g/mol. The van der Waals surface area contributed by atoms with Gasteiger partial charge in [0.15, 0.2) is 11.5 Å². The second-order valence-corrected chi connectivity index (χ2v) is 5.91. The number of amides is 1. The van der Waals surface area contributed by atoms with E-state index in [1.807, 2.05) is 0 Å². The van der Waals surface area contributed by atoms with E-state index in [9.17, 15) is 20.1 Å². The highest BCUT2D eigenvalue weighted by molar-refractivity contribution is 6.01. The van der Waals surface area contributed by atoms with Gasteiger partial charge < -0.3 is 35.8 Å². The number of hydrogen-bond acceptors (Lipinski definition) is 7. The van der Waals surface area contributed by atoms with Gasteiger partial charge >= 0.3 is 0 Å². The van der Waals surface area contributed by atoms with Gasteiger partial charge in [-0.05, 0) is 18.1 Å². The number of phenols is 1. The van der Waals surface area contributed by atoms with Gasteiger partial charge in [0.05, 0.1) is 17.7 Å². The first-order chi connectivity index (χ1) is 10.5. The summed E-state index contributed by atoms with van der Waals surface area (Å²) >= 11 is 0. The summed E-state index contributed by atoms with van der Waals surface area (Å²) in [4.78, 5) is 12.3. The Morgan fingerprint density at radius 1 is 1.32 bits per heavy atom. The Morgan fingerprint density at radius 3 is 2.86 bits per heavy atom. The number of aliphatic hydroxyl groups is 2. The number of carbonyl (C=O) groups excluding carboxylic acids is 1. The van der Waals surface area contributed by atoms with Crippen LogP contribution in [0, 0.1) is 0 Å². The first-order valence-electron chi connectivity index (χ1n) is 7.07. The number of benzene rings is 1. The predicted octanol–water partition coefficient (Wildman–Crippen LogP) is -1.23. The lowest BCUT2D eigenvalue weighted by Gasteiger charge is -2.45. The lowest BCUT2D eigenvalue weighted by molar-refractivity contribution is -0.0426. The molecule has 0 saturated heterocycles. The Hall–Kier alpha value is -2.03. The van der Waals surface area contributed by atoms with Gasteiger partial charge in [0.2, 0.25) is 12.5 Å². The first-order valence-corrected chi connectivity index (χ1v) is 7.07. The van der Waals surface area contributed by atoms with E-state index in [1.165, 1.54) is 0 Å². The molecule has 6 N–H and O–H groups in total. The van der Waals surface area contributed by atoms with Crippen molar-refractivity contribution in [3.63, 3.8) is 0 Å². The Morgan fingerprint density at radius 2 is 2.09 bits per heavy atom. The Labute approximate surface area is 125 Å². The zero-order valence-electron chi connectivity index (χ0n) is 11.5. The molecule has 0 spiro atoms. The van der Waals surface area contributed by atoms with Gasteiger partial charge in [0.25, 0.3) is 5.91 Å². The van der Waals surface area contributed by atoms with E-state index >= 15 is 0 Å². The Balaban J connectivity index is 1.90. The highest BCUT2D eigenvalue weighted by Gasteiger charge is 2.49. The molecule has 1 aromatic rings. The Bertz CT molecular complexity index is 663. The predicted molar refractivity (Wildman–Crippen MR) is 72.8 cm³/mol. The molecule has 1 aromatic carbocycles. The van der Waals surface area contributed by atoms with Gasteiger partial charge in [-0.3, -0.25) is 4.79 Å². The van der Waals surface area contributed by atoms with Crippen molar-refractivity contribution in [2.45, 2.75) is 36.6 Å². The summed E-state index contributed by atoms with van der Waals surface area (Å²) in [6.45, 7) is -0.0328. The summed E-state index contributed by atoms with van der Waals surface area (Å²) < 4.78 is 10.4. The Kier molecular flexibility index (Phi) is 2.77. The van der Waals surface area contributed by atoms with E-state index < -0.39 is 36.1 Å². The molecule has 22 heavy (non-hydrogen) atoms. The molecule has 1 saturated carbocycles. The van der Waals surface area contributed by atoms with Gasteiger partial charge in [-0.2, -0.15) is 0 Å². The van der Waals surface area contributed by atoms with Crippen LogP contribution >= 0.6 is 0 Å². The van der Waals surface area contributed by atoms with Gasteiger partial charge in [-0.25, -0.2) is 0 Å². The molecule has 8 nitrogen and oxygen atoms in total. The summed E-state index contributed by atoms with van der Waals surface area (Å²) in [5, 5.41) is 32.9. The number of rotatable bonds is 0. The molecule has 0 bridgehead atoms. The van der Waals surface area contributed by atoms with Crippen LogP contribution < -0.4 is 20.5 Å². The van der Waals surface area contributed by atoms with Crippen LogP contribution in [0.4, 0.5) is 0 Å². The van der Waals surface area contributed by atoms with Crippen LogP contribution in [0.25, 0.3) is 0 Å². The summed E-state index contributed by atoms with van der Waals surface area (Å²) in [7, 11) is 0. The fraction of sp³-hybridized carbons (Fsp3) is 0.500. The summed E-state index contributed by atoms with van der Waals surface area (Å²) in [6.07, 6.45) is -1.91. The van der Waals surface area contributed by atoms with Crippen molar-refractivity contribution in [1.82, 2.24) is 5.32 Å². The molecule has 0 aromatic heterocycles. The average molecular weight is 308 g/mol. The van der Waals surface area contributed by atoms with Crippen LogP contribution in [0.2, 0.25) is 0 Å². The van der Waals surface area contributed by atoms with E-state index in [1.54, 1.807) is 6.07 Å². The minimum Gasteiger partial charge on any atom is -0.504 e. The van der Waals surface area contributed by atoms with E-state index in [0.29, 0.717) is 11.3 Å². The second-order valence-electron chi connectivity index (χ2n) is 5.91. The largest absolute Gasteiger partial charge is 0.504 e. The zero-order valence-corrected chi connectivity index (χ0v) is 11.5. The molecule has 3 aliphatic rings. The van der Waals surface area contributed by atoms with Crippen molar-refractivity contribution in [3.8, 4) is 17.2 Å². The van der Waals surface area contributed by atoms with Crippen molar-refractivity contribution >= 4 is 5.91 Å². The lowest BCUT2D eigenvalue weighted by Crippen LogP contribution is -2.62. The van der Waals surface area contributed by atoms with Gasteiger partial charge in [-0.15, -0.1) is 0 Å². The molecule has 5 unspecified atom stereocenters. The summed E-state index contributed by atoms with van der Waals surface area (Å²) in [6, 6.07) is 0.443.